The number of hydrogen-bond acceptors (Lipinski definition) is 6. The molecule has 1 saturated carbocycles. The Morgan fingerprint density at radius 1 is 1.22 bits per heavy atom. The Labute approximate surface area is 155 Å². The number of fused-ring (bicyclic) bond motifs is 5. The minimum absolute atomic E-state index is 0.0446. The minimum atomic E-state index is -0.0446. The fourth-order valence-electron chi connectivity index (χ4n) is 4.28. The zero-order valence-corrected chi connectivity index (χ0v) is 15.0. The van der Waals surface area contributed by atoms with E-state index in [0.717, 1.165) is 35.9 Å². The number of aromatic nitrogens is 4. The maximum absolute atomic E-state index is 12.8. The second-order valence-corrected chi connectivity index (χ2v) is 7.19. The summed E-state index contributed by atoms with van der Waals surface area (Å²) < 4.78 is 2.10. The van der Waals surface area contributed by atoms with Crippen LogP contribution in [0.25, 0.3) is 11.0 Å². The number of nitrogens with one attached hydrogen (secondary N) is 1. The summed E-state index contributed by atoms with van der Waals surface area (Å²) in [6.07, 6.45) is 6.55. The van der Waals surface area contributed by atoms with Gasteiger partial charge in [0.1, 0.15) is 17.2 Å². The highest BCUT2D eigenvalue weighted by atomic mass is 16.3. The monoisotopic (exact) mass is 364 g/mol. The fourth-order valence-corrected chi connectivity index (χ4v) is 4.28. The minimum Gasteiger partial charge on any atom is -0.392 e. The molecule has 1 fully saturated rings. The summed E-state index contributed by atoms with van der Waals surface area (Å²) in [5.41, 5.74) is 2.22. The van der Waals surface area contributed by atoms with Crippen LogP contribution in [0.3, 0.4) is 0 Å². The molecule has 27 heavy (non-hydrogen) atoms. The molecule has 0 saturated heterocycles. The van der Waals surface area contributed by atoms with Crippen molar-refractivity contribution in [3.63, 3.8) is 0 Å². The first-order valence-corrected chi connectivity index (χ1v) is 9.13. The molecule has 2 unspecified atom stereocenters. The summed E-state index contributed by atoms with van der Waals surface area (Å²) in [6, 6.07) is 5.97. The second kappa shape index (κ2) is 6.02. The molecular weight excluding hydrogens is 344 g/mol. The summed E-state index contributed by atoms with van der Waals surface area (Å²) in [6.45, 7) is -0.0446. The van der Waals surface area contributed by atoms with Gasteiger partial charge in [-0.2, -0.15) is 4.98 Å². The van der Waals surface area contributed by atoms with Crippen molar-refractivity contribution in [2.45, 2.75) is 38.0 Å². The number of pyridine rings is 1. The van der Waals surface area contributed by atoms with Gasteiger partial charge in [-0.05, 0) is 37.0 Å². The molecule has 8 nitrogen and oxygen atoms in total. The van der Waals surface area contributed by atoms with Crippen LogP contribution in [0.1, 0.15) is 41.4 Å². The smallest absolute Gasteiger partial charge is 0.270 e. The van der Waals surface area contributed by atoms with Crippen LogP contribution in [0.4, 0.5) is 11.8 Å². The molecule has 2 N–H and O–H groups in total. The van der Waals surface area contributed by atoms with E-state index in [9.17, 15) is 4.79 Å². The van der Waals surface area contributed by atoms with Gasteiger partial charge < -0.3 is 19.9 Å². The Hall–Kier alpha value is -3.00. The highest BCUT2D eigenvalue weighted by molar-refractivity contribution is 5.99. The van der Waals surface area contributed by atoms with E-state index < -0.39 is 0 Å². The zero-order valence-electron chi connectivity index (χ0n) is 15.0. The number of aliphatic hydroxyl groups is 1. The fraction of sp³-hybridized carbons (Fsp3) is 0.368. The van der Waals surface area contributed by atoms with Crippen molar-refractivity contribution in [3.8, 4) is 0 Å². The molecule has 5 rings (SSSR count). The molecule has 2 aliphatic rings. The Morgan fingerprint density at radius 2 is 2.07 bits per heavy atom. The van der Waals surface area contributed by atoms with Crippen LogP contribution in [0.15, 0.2) is 30.6 Å². The SMILES string of the molecule is CN1C(=O)c2cc3cnc(Nc4ccc(CO)cn4)nc3n2C2CCCC21. The third kappa shape index (κ3) is 2.48. The summed E-state index contributed by atoms with van der Waals surface area (Å²) in [5, 5.41) is 13.1. The van der Waals surface area contributed by atoms with Crippen molar-refractivity contribution in [2.24, 2.45) is 0 Å². The summed E-state index contributed by atoms with van der Waals surface area (Å²) in [4.78, 5) is 28.0. The first kappa shape index (κ1) is 16.2. The number of hydrogen-bond donors (Lipinski definition) is 2. The van der Waals surface area contributed by atoms with Crippen molar-refractivity contribution < 1.29 is 9.90 Å². The molecule has 0 radical (unpaired) electrons. The molecule has 0 aromatic carbocycles. The lowest BCUT2D eigenvalue weighted by Crippen LogP contribution is -2.46. The van der Waals surface area contributed by atoms with E-state index in [1.54, 1.807) is 24.5 Å². The van der Waals surface area contributed by atoms with Gasteiger partial charge in [0, 0.05) is 24.8 Å². The number of likely N-dealkylation sites (N-methyl/N-ethyl adjacent to an activating group) is 1. The maximum Gasteiger partial charge on any atom is 0.270 e. The van der Waals surface area contributed by atoms with Gasteiger partial charge in [-0.1, -0.05) is 6.07 Å². The predicted molar refractivity (Wildman–Crippen MR) is 99.7 cm³/mol. The Kier molecular flexibility index (Phi) is 3.61. The Balaban J connectivity index is 1.56. The molecule has 3 aromatic heterocycles. The van der Waals surface area contributed by atoms with E-state index >= 15 is 0 Å². The molecule has 4 heterocycles. The zero-order chi connectivity index (χ0) is 18.5. The average Bonchev–Trinajstić information content (AvgIpc) is 3.31. The standard InChI is InChI=1S/C19H20N6O2/c1-24-13-3-2-4-14(13)25-15(18(24)27)7-12-9-21-19(23-17(12)25)22-16-6-5-11(10-26)8-20-16/h5-9,13-14,26H,2-4,10H2,1H3,(H,20,21,22,23). The quantitative estimate of drug-likeness (QED) is 0.740. The average molecular weight is 364 g/mol. The summed E-state index contributed by atoms with van der Waals surface area (Å²) in [5.74, 6) is 1.09. The van der Waals surface area contributed by atoms with Crippen LogP contribution >= 0.6 is 0 Å². The Bertz CT molecular complexity index is 1030. The molecule has 0 bridgehead atoms. The third-order valence-electron chi connectivity index (χ3n) is 5.64. The van der Waals surface area contributed by atoms with Crippen molar-refractivity contribution in [3.05, 3.63) is 41.9 Å². The number of amides is 1. The van der Waals surface area contributed by atoms with E-state index in [-0.39, 0.29) is 24.6 Å². The number of rotatable bonds is 3. The normalized spacial score (nSPS) is 21.4. The molecule has 1 amide bonds. The topological polar surface area (TPSA) is 96.2 Å². The molecule has 3 aromatic rings. The largest absolute Gasteiger partial charge is 0.392 e. The third-order valence-corrected chi connectivity index (χ3v) is 5.64. The maximum atomic E-state index is 12.8. The van der Waals surface area contributed by atoms with Gasteiger partial charge in [0.05, 0.1) is 18.7 Å². The van der Waals surface area contributed by atoms with Gasteiger partial charge >= 0.3 is 0 Å². The molecule has 1 aliphatic heterocycles. The number of anilines is 2. The molecule has 0 spiro atoms. The predicted octanol–water partition coefficient (Wildman–Crippen LogP) is 2.24. The summed E-state index contributed by atoms with van der Waals surface area (Å²) in [7, 11) is 1.90. The summed E-state index contributed by atoms with van der Waals surface area (Å²) >= 11 is 0. The molecule has 1 aliphatic carbocycles. The first-order valence-electron chi connectivity index (χ1n) is 9.13. The van der Waals surface area contributed by atoms with Gasteiger partial charge in [0.15, 0.2) is 0 Å². The van der Waals surface area contributed by atoms with Gasteiger partial charge in [-0.25, -0.2) is 9.97 Å². The van der Waals surface area contributed by atoms with Crippen LogP contribution in [-0.2, 0) is 6.61 Å². The molecule has 8 heteroatoms. The highest BCUT2D eigenvalue weighted by Crippen LogP contribution is 2.41. The van der Waals surface area contributed by atoms with E-state index in [4.69, 9.17) is 5.11 Å². The number of aliphatic hydroxyl groups excluding tert-OH is 1. The van der Waals surface area contributed by atoms with Gasteiger partial charge in [0.2, 0.25) is 5.95 Å². The second-order valence-electron chi connectivity index (χ2n) is 7.19. The van der Waals surface area contributed by atoms with Crippen LogP contribution in [0.5, 0.6) is 0 Å². The van der Waals surface area contributed by atoms with Crippen LogP contribution in [0.2, 0.25) is 0 Å². The molecular formula is C19H20N6O2. The van der Waals surface area contributed by atoms with Gasteiger partial charge in [-0.15, -0.1) is 0 Å². The van der Waals surface area contributed by atoms with E-state index in [1.165, 1.54) is 0 Å². The lowest BCUT2D eigenvalue weighted by atomic mass is 10.1. The van der Waals surface area contributed by atoms with Crippen molar-refractivity contribution >= 4 is 28.7 Å². The number of nitrogens with zero attached hydrogens (tertiary/aromatic N) is 5. The number of carbonyl (C=O) groups is 1. The van der Waals surface area contributed by atoms with Crippen LogP contribution in [0, 0.1) is 0 Å². The van der Waals surface area contributed by atoms with E-state index in [0.29, 0.717) is 17.5 Å². The van der Waals surface area contributed by atoms with E-state index in [1.807, 2.05) is 18.0 Å². The lowest BCUT2D eigenvalue weighted by Gasteiger charge is -2.36. The molecule has 138 valence electrons. The highest BCUT2D eigenvalue weighted by Gasteiger charge is 2.41. The van der Waals surface area contributed by atoms with Gasteiger partial charge in [-0.3, -0.25) is 4.79 Å². The molecule has 2 atom stereocenters. The lowest BCUT2D eigenvalue weighted by molar-refractivity contribution is 0.0632. The van der Waals surface area contributed by atoms with Crippen molar-refractivity contribution in [1.82, 2.24) is 24.4 Å². The number of carbonyl (C=O) groups excluding carboxylic acids is 1. The van der Waals surface area contributed by atoms with Crippen molar-refractivity contribution in [1.29, 1.82) is 0 Å². The van der Waals surface area contributed by atoms with Crippen molar-refractivity contribution in [2.75, 3.05) is 12.4 Å². The van der Waals surface area contributed by atoms with Crippen LogP contribution < -0.4 is 5.32 Å². The first-order chi connectivity index (χ1) is 13.2. The van der Waals surface area contributed by atoms with E-state index in [2.05, 4.69) is 24.8 Å². The Morgan fingerprint density at radius 3 is 2.85 bits per heavy atom. The van der Waals surface area contributed by atoms with Gasteiger partial charge in [0.25, 0.3) is 5.91 Å². The van der Waals surface area contributed by atoms with Crippen LogP contribution in [-0.4, -0.2) is 48.5 Å².